The first-order valence-electron chi connectivity index (χ1n) is 9.09. The van der Waals surface area contributed by atoms with Crippen molar-refractivity contribution in [3.8, 4) is 11.6 Å². The van der Waals surface area contributed by atoms with Gasteiger partial charge in [-0.15, -0.1) is 0 Å². The first-order valence-corrected chi connectivity index (χ1v) is 10.5. The highest BCUT2D eigenvalue weighted by Crippen LogP contribution is 2.30. The quantitative estimate of drug-likeness (QED) is 0.465. The molecule has 0 aliphatic carbocycles. The zero-order valence-electron chi connectivity index (χ0n) is 16.3. The summed E-state index contributed by atoms with van der Waals surface area (Å²) in [6.45, 7) is 1.96. The van der Waals surface area contributed by atoms with Gasteiger partial charge in [0.25, 0.3) is 10.0 Å². The molecule has 0 N–H and O–H groups in total. The van der Waals surface area contributed by atoms with Crippen molar-refractivity contribution in [1.29, 1.82) is 0 Å². The van der Waals surface area contributed by atoms with Crippen molar-refractivity contribution in [3.05, 3.63) is 84.4 Å². The molecule has 0 aliphatic rings. The molecule has 0 bridgehead atoms. The lowest BCUT2D eigenvalue weighted by Crippen LogP contribution is -2.26. The van der Waals surface area contributed by atoms with Gasteiger partial charge in [-0.1, -0.05) is 12.1 Å². The number of sulfonamides is 1. The summed E-state index contributed by atoms with van der Waals surface area (Å²) >= 11 is 0. The number of benzene rings is 3. The van der Waals surface area contributed by atoms with E-state index in [1.165, 1.54) is 25.5 Å². The lowest BCUT2D eigenvalue weighted by Gasteiger charge is -2.20. The molecule has 4 aromatic rings. The van der Waals surface area contributed by atoms with Crippen LogP contribution in [0.2, 0.25) is 0 Å². The van der Waals surface area contributed by atoms with Crippen molar-refractivity contribution in [2.24, 2.45) is 0 Å². The van der Waals surface area contributed by atoms with Crippen LogP contribution in [0.4, 0.5) is 10.1 Å². The van der Waals surface area contributed by atoms with Crippen LogP contribution in [0.15, 0.2) is 78.0 Å². The smallest absolute Gasteiger partial charge is 0.264 e. The Hall–Kier alpha value is -3.52. The van der Waals surface area contributed by atoms with Crippen LogP contribution in [0.25, 0.3) is 10.9 Å². The fourth-order valence-electron chi connectivity index (χ4n) is 3.06. The first kappa shape index (κ1) is 19.8. The van der Waals surface area contributed by atoms with Gasteiger partial charge in [-0.2, -0.15) is 0 Å². The Balaban J connectivity index is 1.60. The van der Waals surface area contributed by atoms with E-state index in [0.717, 1.165) is 32.9 Å². The molecule has 0 aliphatic heterocycles. The lowest BCUT2D eigenvalue weighted by molar-refractivity contribution is 0.468. The molecule has 0 saturated heterocycles. The molecule has 3 aromatic carbocycles. The van der Waals surface area contributed by atoms with Crippen LogP contribution >= 0.6 is 0 Å². The van der Waals surface area contributed by atoms with E-state index in [-0.39, 0.29) is 4.90 Å². The molecule has 152 valence electrons. The molecule has 4 rings (SSSR count). The van der Waals surface area contributed by atoms with Crippen LogP contribution < -0.4 is 9.04 Å². The monoisotopic (exact) mass is 423 g/mol. The van der Waals surface area contributed by atoms with Gasteiger partial charge in [-0.05, 0) is 67.1 Å². The number of anilines is 1. The summed E-state index contributed by atoms with van der Waals surface area (Å²) in [6.07, 6.45) is 1.44. The van der Waals surface area contributed by atoms with Crippen LogP contribution in [0.1, 0.15) is 5.56 Å². The summed E-state index contributed by atoms with van der Waals surface area (Å²) in [6, 6.07) is 17.1. The molecule has 6 nitrogen and oxygen atoms in total. The third kappa shape index (κ3) is 3.69. The lowest BCUT2D eigenvalue weighted by atomic mass is 10.1. The number of aromatic nitrogens is 2. The second kappa shape index (κ2) is 7.72. The van der Waals surface area contributed by atoms with Gasteiger partial charge in [-0.25, -0.2) is 22.8 Å². The number of rotatable bonds is 5. The SMILES string of the molecule is Cc1cccc2ncnc(Oc3ccc(N(C)S(=O)(=O)c4ccc(F)cc4)cc3)c12. The molecule has 1 heterocycles. The summed E-state index contributed by atoms with van der Waals surface area (Å²) in [5, 5.41) is 0.820. The fraction of sp³-hybridized carbons (Fsp3) is 0.0909. The largest absolute Gasteiger partial charge is 0.438 e. The molecular formula is C22H18FN3O3S. The van der Waals surface area contributed by atoms with Crippen molar-refractivity contribution in [1.82, 2.24) is 9.97 Å². The maximum atomic E-state index is 13.1. The first-order chi connectivity index (χ1) is 14.4. The van der Waals surface area contributed by atoms with Gasteiger partial charge >= 0.3 is 0 Å². The van der Waals surface area contributed by atoms with E-state index in [1.807, 2.05) is 25.1 Å². The summed E-state index contributed by atoms with van der Waals surface area (Å²) in [5.74, 6) is 0.443. The van der Waals surface area contributed by atoms with Crippen LogP contribution in [0, 0.1) is 12.7 Å². The minimum atomic E-state index is -3.81. The molecule has 0 radical (unpaired) electrons. The van der Waals surface area contributed by atoms with Gasteiger partial charge in [-0.3, -0.25) is 4.31 Å². The maximum Gasteiger partial charge on any atom is 0.264 e. The summed E-state index contributed by atoms with van der Waals surface area (Å²) < 4.78 is 45.7. The molecule has 0 fully saturated rings. The highest BCUT2D eigenvalue weighted by Gasteiger charge is 2.21. The Morgan fingerprint density at radius 3 is 2.33 bits per heavy atom. The fourth-order valence-corrected chi connectivity index (χ4v) is 4.26. The Labute approximate surface area is 173 Å². The normalized spacial score (nSPS) is 11.4. The maximum absolute atomic E-state index is 13.1. The Morgan fingerprint density at radius 1 is 0.933 bits per heavy atom. The van der Waals surface area contributed by atoms with E-state index in [0.29, 0.717) is 17.3 Å². The van der Waals surface area contributed by atoms with E-state index in [1.54, 1.807) is 24.3 Å². The summed E-state index contributed by atoms with van der Waals surface area (Å²) in [4.78, 5) is 8.50. The van der Waals surface area contributed by atoms with Crippen molar-refractivity contribution in [3.63, 3.8) is 0 Å². The molecular weight excluding hydrogens is 405 g/mol. The number of hydrogen-bond donors (Lipinski definition) is 0. The topological polar surface area (TPSA) is 72.4 Å². The van der Waals surface area contributed by atoms with E-state index in [2.05, 4.69) is 9.97 Å². The van der Waals surface area contributed by atoms with Gasteiger partial charge in [0.15, 0.2) is 0 Å². The molecule has 0 atom stereocenters. The number of nitrogens with zero attached hydrogens (tertiary/aromatic N) is 3. The third-order valence-corrected chi connectivity index (χ3v) is 6.52. The highest BCUT2D eigenvalue weighted by atomic mass is 32.2. The van der Waals surface area contributed by atoms with E-state index in [4.69, 9.17) is 4.74 Å². The minimum Gasteiger partial charge on any atom is -0.438 e. The minimum absolute atomic E-state index is 0.00894. The Bertz CT molecular complexity index is 1300. The van der Waals surface area contributed by atoms with Gasteiger partial charge < -0.3 is 4.74 Å². The van der Waals surface area contributed by atoms with Gasteiger partial charge in [0.05, 0.1) is 21.5 Å². The van der Waals surface area contributed by atoms with Crippen LogP contribution in [-0.4, -0.2) is 25.4 Å². The summed E-state index contributed by atoms with van der Waals surface area (Å²) in [5.41, 5.74) is 2.21. The van der Waals surface area contributed by atoms with E-state index in [9.17, 15) is 12.8 Å². The van der Waals surface area contributed by atoms with Gasteiger partial charge in [0.1, 0.15) is 17.9 Å². The van der Waals surface area contributed by atoms with E-state index < -0.39 is 15.8 Å². The predicted octanol–water partition coefficient (Wildman–Crippen LogP) is 4.69. The molecule has 1 aromatic heterocycles. The standard InChI is InChI=1S/C22H18FN3O3S/c1-15-4-3-5-20-21(15)22(25-14-24-20)29-18-10-8-17(9-11-18)26(2)30(27,28)19-12-6-16(23)7-13-19/h3-14H,1-2H3. The molecule has 0 saturated carbocycles. The number of halogens is 1. The van der Waals surface area contributed by atoms with Crippen molar-refractivity contribution < 1.29 is 17.5 Å². The molecule has 0 amide bonds. The van der Waals surface area contributed by atoms with Crippen LogP contribution in [-0.2, 0) is 10.0 Å². The van der Waals surface area contributed by atoms with Gasteiger partial charge in [0.2, 0.25) is 5.88 Å². The second-order valence-electron chi connectivity index (χ2n) is 6.67. The zero-order chi connectivity index (χ0) is 21.3. The summed E-state index contributed by atoms with van der Waals surface area (Å²) in [7, 11) is -2.37. The van der Waals surface area contributed by atoms with Gasteiger partial charge in [0, 0.05) is 7.05 Å². The predicted molar refractivity (Wildman–Crippen MR) is 113 cm³/mol. The average Bonchev–Trinajstić information content (AvgIpc) is 2.74. The number of ether oxygens (including phenoxy) is 1. The van der Waals surface area contributed by atoms with Crippen molar-refractivity contribution >= 4 is 26.6 Å². The molecule has 8 heteroatoms. The van der Waals surface area contributed by atoms with Crippen LogP contribution in [0.3, 0.4) is 0 Å². The number of aryl methyl sites for hydroxylation is 1. The van der Waals surface area contributed by atoms with Crippen molar-refractivity contribution in [2.75, 3.05) is 11.4 Å². The zero-order valence-corrected chi connectivity index (χ0v) is 17.1. The highest BCUT2D eigenvalue weighted by molar-refractivity contribution is 7.92. The van der Waals surface area contributed by atoms with Crippen LogP contribution in [0.5, 0.6) is 11.6 Å². The molecule has 0 spiro atoms. The Kier molecular flexibility index (Phi) is 5.09. The third-order valence-electron chi connectivity index (χ3n) is 4.72. The number of hydrogen-bond acceptors (Lipinski definition) is 5. The molecule has 0 unspecified atom stereocenters. The van der Waals surface area contributed by atoms with Crippen molar-refractivity contribution in [2.45, 2.75) is 11.8 Å². The second-order valence-corrected chi connectivity index (χ2v) is 8.64. The Morgan fingerprint density at radius 2 is 1.63 bits per heavy atom. The molecule has 30 heavy (non-hydrogen) atoms. The number of fused-ring (bicyclic) bond motifs is 1. The van der Waals surface area contributed by atoms with E-state index >= 15 is 0 Å². The average molecular weight is 423 g/mol.